The van der Waals surface area contributed by atoms with E-state index in [9.17, 15) is 9.00 Å². The first-order valence-corrected chi connectivity index (χ1v) is 11.7. The zero-order chi connectivity index (χ0) is 22.5. The highest BCUT2D eigenvalue weighted by Crippen LogP contribution is 2.24. The molecule has 6 heteroatoms. The number of carbonyl (C=O) groups excluding carboxylic acids is 1. The number of aromatic nitrogens is 1. The third-order valence-electron chi connectivity index (χ3n) is 5.13. The van der Waals surface area contributed by atoms with Gasteiger partial charge in [0.2, 0.25) is 5.89 Å². The second-order valence-electron chi connectivity index (χ2n) is 7.57. The Morgan fingerprint density at radius 3 is 2.31 bits per heavy atom. The van der Waals surface area contributed by atoms with Gasteiger partial charge in [0.05, 0.1) is 22.2 Å². The van der Waals surface area contributed by atoms with Crippen molar-refractivity contribution in [2.45, 2.75) is 31.0 Å². The summed E-state index contributed by atoms with van der Waals surface area (Å²) in [6.07, 6.45) is 0. The van der Waals surface area contributed by atoms with E-state index in [2.05, 4.69) is 10.3 Å². The molecule has 0 bridgehead atoms. The maximum Gasteiger partial charge on any atom is 0.251 e. The Balaban J connectivity index is 1.42. The van der Waals surface area contributed by atoms with Gasteiger partial charge in [0.15, 0.2) is 0 Å². The maximum absolute atomic E-state index is 12.7. The molecule has 1 N–H and O–H groups in total. The van der Waals surface area contributed by atoms with Gasteiger partial charge in [0, 0.05) is 22.6 Å². The second-order valence-corrected chi connectivity index (χ2v) is 9.02. The van der Waals surface area contributed by atoms with E-state index < -0.39 is 10.8 Å². The van der Waals surface area contributed by atoms with Crippen LogP contribution in [0.2, 0.25) is 0 Å². The van der Waals surface area contributed by atoms with E-state index in [0.717, 1.165) is 21.6 Å². The van der Waals surface area contributed by atoms with Crippen LogP contribution in [0.15, 0.2) is 88.2 Å². The summed E-state index contributed by atoms with van der Waals surface area (Å²) in [6.45, 7) is 4.30. The number of hydrogen-bond acceptors (Lipinski definition) is 4. The number of amides is 1. The molecule has 0 spiro atoms. The fourth-order valence-corrected chi connectivity index (χ4v) is 4.35. The van der Waals surface area contributed by atoms with Crippen LogP contribution in [-0.4, -0.2) is 15.1 Å². The topological polar surface area (TPSA) is 72.2 Å². The Morgan fingerprint density at radius 1 is 0.938 bits per heavy atom. The average molecular weight is 445 g/mol. The van der Waals surface area contributed by atoms with Crippen molar-refractivity contribution in [1.29, 1.82) is 0 Å². The van der Waals surface area contributed by atoms with E-state index in [1.54, 1.807) is 12.1 Å². The van der Waals surface area contributed by atoms with Crippen LogP contribution in [0.3, 0.4) is 0 Å². The molecule has 0 radical (unpaired) electrons. The highest BCUT2D eigenvalue weighted by atomic mass is 32.2. The molecule has 0 aliphatic carbocycles. The van der Waals surface area contributed by atoms with Crippen molar-refractivity contribution in [2.75, 3.05) is 0 Å². The zero-order valence-electron chi connectivity index (χ0n) is 18.0. The molecule has 1 unspecified atom stereocenters. The highest BCUT2D eigenvalue weighted by molar-refractivity contribution is 7.84. The van der Waals surface area contributed by atoms with Gasteiger partial charge >= 0.3 is 0 Å². The summed E-state index contributed by atoms with van der Waals surface area (Å²) in [6, 6.07) is 24.5. The van der Waals surface area contributed by atoms with Gasteiger partial charge in [-0.2, -0.15) is 0 Å². The number of nitrogens with zero attached hydrogens (tertiary/aromatic N) is 1. The van der Waals surface area contributed by atoms with Crippen molar-refractivity contribution in [2.24, 2.45) is 0 Å². The summed E-state index contributed by atoms with van der Waals surface area (Å²) in [7, 11) is -1.20. The van der Waals surface area contributed by atoms with E-state index in [4.69, 9.17) is 4.42 Å². The van der Waals surface area contributed by atoms with Crippen molar-refractivity contribution in [3.8, 4) is 11.5 Å². The highest BCUT2D eigenvalue weighted by Gasteiger charge is 2.16. The van der Waals surface area contributed by atoms with Crippen LogP contribution in [-0.2, 0) is 23.1 Å². The van der Waals surface area contributed by atoms with Crippen LogP contribution < -0.4 is 5.32 Å². The van der Waals surface area contributed by atoms with Gasteiger partial charge in [-0.25, -0.2) is 4.98 Å². The zero-order valence-corrected chi connectivity index (χ0v) is 18.8. The third kappa shape index (κ3) is 5.21. The molecule has 0 saturated carbocycles. The van der Waals surface area contributed by atoms with Gasteiger partial charge in [-0.3, -0.25) is 9.00 Å². The predicted molar refractivity (Wildman–Crippen MR) is 126 cm³/mol. The molecule has 1 atom stereocenters. The minimum absolute atomic E-state index is 0.141. The Morgan fingerprint density at radius 2 is 1.62 bits per heavy atom. The first-order valence-electron chi connectivity index (χ1n) is 10.3. The van der Waals surface area contributed by atoms with Crippen molar-refractivity contribution in [3.63, 3.8) is 0 Å². The average Bonchev–Trinajstić information content (AvgIpc) is 3.18. The molecule has 3 aromatic carbocycles. The minimum Gasteiger partial charge on any atom is -0.441 e. The molecule has 4 aromatic rings. The van der Waals surface area contributed by atoms with Crippen molar-refractivity contribution < 1.29 is 13.4 Å². The van der Waals surface area contributed by atoms with Crippen molar-refractivity contribution >= 4 is 16.7 Å². The lowest BCUT2D eigenvalue weighted by molar-refractivity contribution is 0.0951. The van der Waals surface area contributed by atoms with Gasteiger partial charge in [0.1, 0.15) is 5.76 Å². The lowest BCUT2D eigenvalue weighted by Gasteiger charge is -2.05. The van der Waals surface area contributed by atoms with Gasteiger partial charge in [-0.05, 0) is 55.8 Å². The molecule has 162 valence electrons. The normalized spacial score (nSPS) is 11.8. The number of hydrogen-bond donors (Lipinski definition) is 1. The lowest BCUT2D eigenvalue weighted by Crippen LogP contribution is -2.22. The monoisotopic (exact) mass is 444 g/mol. The van der Waals surface area contributed by atoms with E-state index in [-0.39, 0.29) is 5.91 Å². The van der Waals surface area contributed by atoms with E-state index in [0.29, 0.717) is 35.2 Å². The minimum atomic E-state index is -1.20. The number of rotatable bonds is 7. The maximum atomic E-state index is 12.7. The number of nitrogens with one attached hydrogen (secondary N) is 1. The molecule has 0 aliphatic heterocycles. The molecule has 0 fully saturated rings. The van der Waals surface area contributed by atoms with Crippen LogP contribution in [0.25, 0.3) is 11.5 Å². The molecular formula is C26H24N2O3S. The first kappa shape index (κ1) is 21.7. The van der Waals surface area contributed by atoms with Crippen LogP contribution in [0.1, 0.15) is 32.9 Å². The standard InChI is InChI=1S/C26H24N2O3S/c1-18-8-14-23(15-9-18)32(30)17-24-19(2)31-26(28-24)22-12-10-21(11-13-22)25(29)27-16-20-6-4-3-5-7-20/h3-15H,16-17H2,1-2H3,(H,27,29). The fraction of sp³-hybridized carbons (Fsp3) is 0.154. The first-order chi connectivity index (χ1) is 15.5. The van der Waals surface area contributed by atoms with Crippen LogP contribution >= 0.6 is 0 Å². The Bertz CT molecular complexity index is 1230. The largest absolute Gasteiger partial charge is 0.441 e. The predicted octanol–water partition coefficient (Wildman–Crippen LogP) is 5.20. The molecule has 1 aromatic heterocycles. The Kier molecular flexibility index (Phi) is 6.61. The summed E-state index contributed by atoms with van der Waals surface area (Å²) in [5, 5.41) is 2.92. The number of oxazole rings is 1. The van der Waals surface area contributed by atoms with Gasteiger partial charge < -0.3 is 9.73 Å². The van der Waals surface area contributed by atoms with Crippen LogP contribution in [0, 0.1) is 13.8 Å². The summed E-state index contributed by atoms with van der Waals surface area (Å²) in [4.78, 5) is 17.7. The van der Waals surface area contributed by atoms with Gasteiger partial charge in [0.25, 0.3) is 5.91 Å². The van der Waals surface area contributed by atoms with Crippen molar-refractivity contribution in [3.05, 3.63) is 107 Å². The number of carbonyl (C=O) groups is 1. The van der Waals surface area contributed by atoms with Gasteiger partial charge in [-0.15, -0.1) is 0 Å². The Hall–Kier alpha value is -3.51. The quantitative estimate of drug-likeness (QED) is 0.425. The molecular weight excluding hydrogens is 420 g/mol. The smallest absolute Gasteiger partial charge is 0.251 e. The molecule has 1 heterocycles. The summed E-state index contributed by atoms with van der Waals surface area (Å²) in [5.41, 5.74) is 4.17. The molecule has 4 rings (SSSR count). The molecule has 5 nitrogen and oxygen atoms in total. The lowest BCUT2D eigenvalue weighted by atomic mass is 10.1. The SMILES string of the molecule is Cc1ccc(S(=O)Cc2nc(-c3ccc(C(=O)NCc4ccccc4)cc3)oc2C)cc1. The molecule has 0 saturated heterocycles. The van der Waals surface area contributed by atoms with E-state index in [1.807, 2.05) is 80.6 Å². The third-order valence-corrected chi connectivity index (χ3v) is 6.47. The van der Waals surface area contributed by atoms with Crippen LogP contribution in [0.4, 0.5) is 0 Å². The van der Waals surface area contributed by atoms with Crippen molar-refractivity contribution in [1.82, 2.24) is 10.3 Å². The number of aryl methyl sites for hydroxylation is 2. The Labute approximate surface area is 190 Å². The molecule has 1 amide bonds. The molecule has 0 aliphatic rings. The van der Waals surface area contributed by atoms with Gasteiger partial charge in [-0.1, -0.05) is 48.0 Å². The number of benzene rings is 3. The second kappa shape index (κ2) is 9.75. The summed E-state index contributed by atoms with van der Waals surface area (Å²) >= 11 is 0. The summed E-state index contributed by atoms with van der Waals surface area (Å²) < 4.78 is 18.5. The molecule has 32 heavy (non-hydrogen) atoms. The van der Waals surface area contributed by atoms with E-state index in [1.165, 1.54) is 0 Å². The summed E-state index contributed by atoms with van der Waals surface area (Å²) in [5.74, 6) is 1.25. The van der Waals surface area contributed by atoms with E-state index >= 15 is 0 Å². The fourth-order valence-electron chi connectivity index (χ4n) is 3.23. The van der Waals surface area contributed by atoms with Crippen LogP contribution in [0.5, 0.6) is 0 Å².